The van der Waals surface area contributed by atoms with E-state index in [1.807, 2.05) is 0 Å². The Kier molecular flexibility index (Phi) is 14.5. The van der Waals surface area contributed by atoms with Gasteiger partial charge in [0.05, 0.1) is 11.8 Å². The Morgan fingerprint density at radius 3 is 1.14 bits per heavy atom. The van der Waals surface area contributed by atoms with Gasteiger partial charge in [-0.1, -0.05) is 12.8 Å². The van der Waals surface area contributed by atoms with Crippen molar-refractivity contribution >= 4 is 23.9 Å². The fraction of sp³-hybridized carbons (Fsp3) is 0.750. The largest absolute Gasteiger partial charge is 0.373 e. The number of nitrogens with two attached hydrogens (primary N) is 4. The van der Waals surface area contributed by atoms with Crippen LogP contribution in [-0.2, 0) is 38.5 Å². The third kappa shape index (κ3) is 11.4. The maximum absolute atomic E-state index is 11.7. The van der Waals surface area contributed by atoms with Gasteiger partial charge in [0.1, 0.15) is 0 Å². The zero-order valence-corrected chi connectivity index (χ0v) is 15.8. The molecule has 0 aromatic carbocycles. The average molecular weight is 406 g/mol. The minimum atomic E-state index is -0.570. The van der Waals surface area contributed by atoms with Crippen molar-refractivity contribution in [2.24, 2.45) is 35.4 Å². The van der Waals surface area contributed by atoms with Crippen molar-refractivity contribution in [3.8, 4) is 0 Å². The average Bonchev–Trinajstić information content (AvgIpc) is 2.72. The highest BCUT2D eigenvalue weighted by atomic mass is 16.7. The van der Waals surface area contributed by atoms with Crippen LogP contribution in [0.4, 0.5) is 0 Å². The van der Waals surface area contributed by atoms with Crippen LogP contribution < -0.4 is 23.6 Å². The molecule has 0 aliphatic rings. The van der Waals surface area contributed by atoms with Crippen LogP contribution in [0.25, 0.3) is 0 Å². The molecule has 12 nitrogen and oxygen atoms in total. The van der Waals surface area contributed by atoms with Crippen molar-refractivity contribution < 1.29 is 38.5 Å². The summed E-state index contributed by atoms with van der Waals surface area (Å²) in [5.41, 5.74) is 0. The molecule has 0 saturated heterocycles. The zero-order valence-electron chi connectivity index (χ0n) is 15.8. The molecule has 0 aromatic heterocycles. The van der Waals surface area contributed by atoms with E-state index in [-0.39, 0.29) is 12.8 Å². The van der Waals surface area contributed by atoms with Gasteiger partial charge in [0.25, 0.3) is 0 Å². The van der Waals surface area contributed by atoms with Gasteiger partial charge < -0.3 is 19.4 Å². The number of carbonyl (C=O) groups is 4. The van der Waals surface area contributed by atoms with Gasteiger partial charge in [0.15, 0.2) is 0 Å². The van der Waals surface area contributed by atoms with Crippen molar-refractivity contribution in [1.29, 1.82) is 0 Å². The number of unbranched alkanes of at least 4 members (excludes halogenated alkanes) is 1. The number of hydrogen-bond acceptors (Lipinski definition) is 12. The van der Waals surface area contributed by atoms with E-state index in [4.69, 9.17) is 23.6 Å². The predicted molar refractivity (Wildman–Crippen MR) is 94.3 cm³/mol. The number of carbonyl (C=O) groups excluding carboxylic acids is 4. The van der Waals surface area contributed by atoms with E-state index < -0.39 is 35.7 Å². The lowest BCUT2D eigenvalue weighted by Crippen LogP contribution is -2.23. The SMILES string of the molecule is NOC(=O)CCCC(CCCCC(CCCC(=O)ON)C(=O)ON)C(=O)ON. The van der Waals surface area contributed by atoms with Gasteiger partial charge in [0.2, 0.25) is 0 Å². The van der Waals surface area contributed by atoms with Crippen molar-refractivity contribution in [2.75, 3.05) is 0 Å². The first kappa shape index (κ1) is 25.7. The first-order valence-corrected chi connectivity index (χ1v) is 8.99. The number of hydrogen-bond donors (Lipinski definition) is 4. The molecule has 162 valence electrons. The highest BCUT2D eigenvalue weighted by Crippen LogP contribution is 2.22. The topological polar surface area (TPSA) is 209 Å². The van der Waals surface area contributed by atoms with Crippen molar-refractivity contribution in [3.05, 3.63) is 0 Å². The molecule has 0 heterocycles. The minimum Gasteiger partial charge on any atom is -0.373 e. The van der Waals surface area contributed by atoms with Crippen molar-refractivity contribution in [2.45, 2.75) is 64.2 Å². The van der Waals surface area contributed by atoms with Crippen LogP contribution in [-0.4, -0.2) is 23.9 Å². The standard InChI is InChI=1S/C16H30N4O8/c17-25-13(21)9-3-7-11(15(23)27-19)5-1-2-6-12(16(24)28-20)8-4-10-14(22)26-18/h11-12H,1-10,17-20H2. The van der Waals surface area contributed by atoms with Crippen LogP contribution in [0.1, 0.15) is 64.2 Å². The molecule has 28 heavy (non-hydrogen) atoms. The lowest BCUT2D eigenvalue weighted by atomic mass is 9.92. The molecule has 0 radical (unpaired) electrons. The summed E-state index contributed by atoms with van der Waals surface area (Å²) < 4.78 is 0. The van der Waals surface area contributed by atoms with Gasteiger partial charge in [-0.2, -0.15) is 23.6 Å². The van der Waals surface area contributed by atoms with E-state index in [2.05, 4.69) is 19.4 Å². The molecule has 0 amide bonds. The maximum Gasteiger partial charge on any atom is 0.327 e. The van der Waals surface area contributed by atoms with Gasteiger partial charge in [-0.15, -0.1) is 0 Å². The van der Waals surface area contributed by atoms with E-state index in [0.717, 1.165) is 0 Å². The Morgan fingerprint density at radius 2 is 0.857 bits per heavy atom. The first-order chi connectivity index (χ1) is 13.4. The minimum absolute atomic E-state index is 0.0838. The molecule has 0 saturated carbocycles. The molecule has 2 unspecified atom stereocenters. The van der Waals surface area contributed by atoms with Crippen molar-refractivity contribution in [1.82, 2.24) is 0 Å². The molecule has 8 N–H and O–H groups in total. The molecule has 0 rings (SSSR count). The van der Waals surface area contributed by atoms with E-state index in [9.17, 15) is 19.2 Å². The summed E-state index contributed by atoms with van der Waals surface area (Å²) in [4.78, 5) is 62.2. The van der Waals surface area contributed by atoms with Crippen LogP contribution in [0.5, 0.6) is 0 Å². The summed E-state index contributed by atoms with van der Waals surface area (Å²) in [6.07, 6.45) is 3.91. The third-order valence-corrected chi connectivity index (χ3v) is 4.38. The second kappa shape index (κ2) is 15.7. The Labute approximate surface area is 162 Å². The van der Waals surface area contributed by atoms with Crippen molar-refractivity contribution in [3.63, 3.8) is 0 Å². The Hall–Kier alpha value is -2.28. The van der Waals surface area contributed by atoms with Gasteiger partial charge >= 0.3 is 23.9 Å². The lowest BCUT2D eigenvalue weighted by molar-refractivity contribution is -0.151. The maximum atomic E-state index is 11.7. The fourth-order valence-electron chi connectivity index (χ4n) is 2.84. The molecule has 0 aliphatic heterocycles. The van der Waals surface area contributed by atoms with E-state index in [1.54, 1.807) is 0 Å². The third-order valence-electron chi connectivity index (χ3n) is 4.38. The van der Waals surface area contributed by atoms with Crippen LogP contribution in [0.3, 0.4) is 0 Å². The highest BCUT2D eigenvalue weighted by Gasteiger charge is 2.22. The molecule has 0 fully saturated rings. The van der Waals surface area contributed by atoms with Crippen LogP contribution in [0.15, 0.2) is 0 Å². The normalized spacial score (nSPS) is 12.6. The Balaban J connectivity index is 4.37. The lowest BCUT2D eigenvalue weighted by Gasteiger charge is -2.16. The van der Waals surface area contributed by atoms with Crippen LogP contribution in [0.2, 0.25) is 0 Å². The van der Waals surface area contributed by atoms with Gasteiger partial charge in [0, 0.05) is 12.8 Å². The van der Waals surface area contributed by atoms with E-state index in [0.29, 0.717) is 51.4 Å². The molecule has 12 heteroatoms. The molecule has 0 aromatic rings. The number of rotatable bonds is 15. The summed E-state index contributed by atoms with van der Waals surface area (Å²) >= 11 is 0. The van der Waals surface area contributed by atoms with E-state index >= 15 is 0 Å². The Bertz CT molecular complexity index is 459. The van der Waals surface area contributed by atoms with Gasteiger partial charge in [-0.3, -0.25) is 19.2 Å². The van der Waals surface area contributed by atoms with Gasteiger partial charge in [-0.05, 0) is 38.5 Å². The summed E-state index contributed by atoms with van der Waals surface area (Å²) in [5, 5.41) is 0. The summed E-state index contributed by atoms with van der Waals surface area (Å²) in [7, 11) is 0. The smallest absolute Gasteiger partial charge is 0.327 e. The van der Waals surface area contributed by atoms with Gasteiger partial charge in [-0.25, -0.2) is 0 Å². The monoisotopic (exact) mass is 406 g/mol. The molecule has 0 aliphatic carbocycles. The molecule has 0 bridgehead atoms. The fourth-order valence-corrected chi connectivity index (χ4v) is 2.84. The highest BCUT2D eigenvalue weighted by molar-refractivity contribution is 5.73. The van der Waals surface area contributed by atoms with Crippen LogP contribution in [0, 0.1) is 11.8 Å². The summed E-state index contributed by atoms with van der Waals surface area (Å²) in [6, 6.07) is 0. The van der Waals surface area contributed by atoms with Crippen LogP contribution >= 0.6 is 0 Å². The molecule has 0 spiro atoms. The zero-order chi connectivity index (χ0) is 21.4. The second-order valence-electron chi connectivity index (χ2n) is 6.32. The van der Waals surface area contributed by atoms with E-state index in [1.165, 1.54) is 0 Å². The molecular weight excluding hydrogens is 376 g/mol. The Morgan fingerprint density at radius 1 is 0.536 bits per heavy atom. The molecule has 2 atom stereocenters. The first-order valence-electron chi connectivity index (χ1n) is 8.99. The second-order valence-corrected chi connectivity index (χ2v) is 6.32. The summed E-state index contributed by atoms with van der Waals surface area (Å²) in [5.74, 6) is 16.2. The summed E-state index contributed by atoms with van der Waals surface area (Å²) in [6.45, 7) is 0. The predicted octanol–water partition coefficient (Wildman–Crippen LogP) is -0.213. The molecular formula is C16H30N4O8. The quantitative estimate of drug-likeness (QED) is 0.205.